The number of halogens is 2. The van der Waals surface area contributed by atoms with Gasteiger partial charge in [-0.3, -0.25) is 9.59 Å². The van der Waals surface area contributed by atoms with Crippen LogP contribution in [0.5, 0.6) is 5.75 Å². The lowest BCUT2D eigenvalue weighted by molar-refractivity contribution is -0.136. The van der Waals surface area contributed by atoms with Gasteiger partial charge < -0.3 is 19.9 Å². The highest BCUT2D eigenvalue weighted by Gasteiger charge is 2.29. The van der Waals surface area contributed by atoms with Crippen LogP contribution < -0.4 is 5.32 Å². The SMILES string of the molecule is CC(=O)N1CC(NC(=O)Cn2cc(-c3c(O)cccc3F)c3cc(Cl)ccc32)C1. The fourth-order valence-electron chi connectivity index (χ4n) is 3.63. The normalized spacial score (nSPS) is 14.1. The second kappa shape index (κ2) is 7.40. The predicted octanol–water partition coefficient (Wildman–Crippen LogP) is 3.15. The van der Waals surface area contributed by atoms with Gasteiger partial charge in [0.1, 0.15) is 18.1 Å². The summed E-state index contributed by atoms with van der Waals surface area (Å²) in [6.07, 6.45) is 1.64. The van der Waals surface area contributed by atoms with Gasteiger partial charge in [0.15, 0.2) is 0 Å². The van der Waals surface area contributed by atoms with Crippen molar-refractivity contribution in [2.45, 2.75) is 19.5 Å². The molecule has 1 saturated heterocycles. The van der Waals surface area contributed by atoms with E-state index in [1.54, 1.807) is 33.9 Å². The molecule has 0 bridgehead atoms. The Morgan fingerprint density at radius 3 is 2.72 bits per heavy atom. The molecule has 1 aliphatic heterocycles. The number of nitrogens with zero attached hydrogens (tertiary/aromatic N) is 2. The molecule has 1 fully saturated rings. The number of carbonyl (C=O) groups is 2. The van der Waals surface area contributed by atoms with Crippen molar-refractivity contribution < 1.29 is 19.1 Å². The zero-order valence-electron chi connectivity index (χ0n) is 15.7. The third-order valence-corrected chi connectivity index (χ3v) is 5.35. The van der Waals surface area contributed by atoms with Crippen LogP contribution in [-0.2, 0) is 16.1 Å². The van der Waals surface area contributed by atoms with Crippen molar-refractivity contribution in [3.8, 4) is 16.9 Å². The molecule has 0 aliphatic carbocycles. The van der Waals surface area contributed by atoms with Gasteiger partial charge in [-0.05, 0) is 30.3 Å². The van der Waals surface area contributed by atoms with E-state index in [0.29, 0.717) is 34.6 Å². The van der Waals surface area contributed by atoms with Crippen LogP contribution in [0.3, 0.4) is 0 Å². The minimum absolute atomic E-state index is 0.0156. The van der Waals surface area contributed by atoms with Gasteiger partial charge in [0.25, 0.3) is 0 Å². The maximum absolute atomic E-state index is 14.4. The van der Waals surface area contributed by atoms with Gasteiger partial charge in [0.05, 0.1) is 11.6 Å². The lowest BCUT2D eigenvalue weighted by Gasteiger charge is -2.38. The Balaban J connectivity index is 1.64. The zero-order valence-corrected chi connectivity index (χ0v) is 16.4. The number of aromatic hydroxyl groups is 1. The van der Waals surface area contributed by atoms with Crippen molar-refractivity contribution in [3.63, 3.8) is 0 Å². The summed E-state index contributed by atoms with van der Waals surface area (Å²) in [6.45, 7) is 2.51. The van der Waals surface area contributed by atoms with Crippen LogP contribution in [0.2, 0.25) is 5.02 Å². The van der Waals surface area contributed by atoms with E-state index in [1.807, 2.05) is 0 Å². The Hall–Kier alpha value is -3.06. The molecule has 0 saturated carbocycles. The molecule has 1 aliphatic rings. The lowest BCUT2D eigenvalue weighted by atomic mass is 10.0. The third kappa shape index (κ3) is 3.65. The highest BCUT2D eigenvalue weighted by molar-refractivity contribution is 6.31. The number of hydrogen-bond donors (Lipinski definition) is 2. The van der Waals surface area contributed by atoms with Crippen molar-refractivity contribution >= 4 is 34.3 Å². The summed E-state index contributed by atoms with van der Waals surface area (Å²) >= 11 is 6.13. The molecule has 0 atom stereocenters. The molecule has 2 aromatic carbocycles. The van der Waals surface area contributed by atoms with E-state index in [4.69, 9.17) is 11.6 Å². The van der Waals surface area contributed by atoms with E-state index in [0.717, 1.165) is 0 Å². The summed E-state index contributed by atoms with van der Waals surface area (Å²) in [5.74, 6) is -0.980. The molecular formula is C21H19ClFN3O3. The summed E-state index contributed by atoms with van der Waals surface area (Å²) in [4.78, 5) is 25.4. The minimum atomic E-state index is -0.563. The maximum Gasteiger partial charge on any atom is 0.240 e. The monoisotopic (exact) mass is 415 g/mol. The van der Waals surface area contributed by atoms with E-state index < -0.39 is 5.82 Å². The first-order valence-electron chi connectivity index (χ1n) is 9.14. The van der Waals surface area contributed by atoms with E-state index in [2.05, 4.69) is 5.32 Å². The summed E-state index contributed by atoms with van der Waals surface area (Å²) in [5.41, 5.74) is 1.22. The molecule has 2 amide bonds. The number of hydrogen-bond acceptors (Lipinski definition) is 3. The van der Waals surface area contributed by atoms with E-state index in [-0.39, 0.29) is 35.7 Å². The third-order valence-electron chi connectivity index (χ3n) is 5.11. The van der Waals surface area contributed by atoms with Crippen molar-refractivity contribution in [2.75, 3.05) is 13.1 Å². The Kier molecular flexibility index (Phi) is 4.92. The zero-order chi connectivity index (χ0) is 20.7. The molecule has 4 rings (SSSR count). The predicted molar refractivity (Wildman–Crippen MR) is 108 cm³/mol. The number of likely N-dealkylation sites (tertiary alicyclic amines) is 1. The van der Waals surface area contributed by atoms with Crippen LogP contribution in [0, 0.1) is 5.82 Å². The number of phenols is 1. The van der Waals surface area contributed by atoms with Gasteiger partial charge in [-0.25, -0.2) is 4.39 Å². The Morgan fingerprint density at radius 2 is 2.03 bits per heavy atom. The summed E-state index contributed by atoms with van der Waals surface area (Å²) in [6, 6.07) is 9.17. The molecule has 0 spiro atoms. The molecule has 1 aromatic heterocycles. The number of nitrogens with one attached hydrogen (secondary N) is 1. The van der Waals surface area contributed by atoms with Gasteiger partial charge in [0.2, 0.25) is 11.8 Å². The number of amides is 2. The molecular weight excluding hydrogens is 397 g/mol. The van der Waals surface area contributed by atoms with Gasteiger partial charge in [-0.1, -0.05) is 17.7 Å². The number of carbonyl (C=O) groups excluding carboxylic acids is 2. The van der Waals surface area contributed by atoms with Crippen LogP contribution in [-0.4, -0.2) is 45.5 Å². The smallest absolute Gasteiger partial charge is 0.240 e. The van der Waals surface area contributed by atoms with Crippen LogP contribution in [0.1, 0.15) is 6.92 Å². The highest BCUT2D eigenvalue weighted by atomic mass is 35.5. The average Bonchev–Trinajstić information content (AvgIpc) is 2.94. The fraction of sp³-hybridized carbons (Fsp3) is 0.238. The van der Waals surface area contributed by atoms with Crippen molar-refractivity contribution in [1.82, 2.24) is 14.8 Å². The maximum atomic E-state index is 14.4. The topological polar surface area (TPSA) is 74.6 Å². The number of benzene rings is 2. The molecule has 2 N–H and O–H groups in total. The quantitative estimate of drug-likeness (QED) is 0.687. The molecule has 0 radical (unpaired) electrons. The largest absolute Gasteiger partial charge is 0.507 e. The van der Waals surface area contributed by atoms with Crippen LogP contribution in [0.15, 0.2) is 42.6 Å². The van der Waals surface area contributed by atoms with Crippen LogP contribution >= 0.6 is 11.6 Å². The fourth-order valence-corrected chi connectivity index (χ4v) is 3.81. The van der Waals surface area contributed by atoms with Gasteiger partial charge in [0, 0.05) is 47.7 Å². The molecule has 150 valence electrons. The number of phenolic OH excluding ortho intramolecular Hbond substituents is 1. The van der Waals surface area contributed by atoms with E-state index in [1.165, 1.54) is 25.1 Å². The number of aromatic nitrogens is 1. The molecule has 3 aromatic rings. The number of rotatable bonds is 4. The summed E-state index contributed by atoms with van der Waals surface area (Å²) < 4.78 is 16.1. The molecule has 29 heavy (non-hydrogen) atoms. The first-order chi connectivity index (χ1) is 13.8. The summed E-state index contributed by atoms with van der Waals surface area (Å²) in [5, 5.41) is 14.2. The lowest BCUT2D eigenvalue weighted by Crippen LogP contribution is -2.60. The number of fused-ring (bicyclic) bond motifs is 1. The van der Waals surface area contributed by atoms with Crippen molar-refractivity contribution in [1.29, 1.82) is 0 Å². The second-order valence-corrected chi connectivity index (χ2v) is 7.59. The van der Waals surface area contributed by atoms with Gasteiger partial charge in [-0.2, -0.15) is 0 Å². The van der Waals surface area contributed by atoms with E-state index in [9.17, 15) is 19.1 Å². The first kappa shape index (κ1) is 19.3. The van der Waals surface area contributed by atoms with Crippen molar-refractivity contribution in [3.05, 3.63) is 53.4 Å². The van der Waals surface area contributed by atoms with Gasteiger partial charge >= 0.3 is 0 Å². The second-order valence-electron chi connectivity index (χ2n) is 7.15. The molecule has 0 unspecified atom stereocenters. The Bertz CT molecular complexity index is 1100. The minimum Gasteiger partial charge on any atom is -0.507 e. The molecule has 8 heteroatoms. The molecule has 6 nitrogen and oxygen atoms in total. The van der Waals surface area contributed by atoms with Gasteiger partial charge in [-0.15, -0.1) is 0 Å². The summed E-state index contributed by atoms with van der Waals surface area (Å²) in [7, 11) is 0. The highest BCUT2D eigenvalue weighted by Crippen LogP contribution is 2.38. The average molecular weight is 416 g/mol. The van der Waals surface area contributed by atoms with E-state index >= 15 is 0 Å². The Labute approximate surface area is 171 Å². The molecule has 2 heterocycles. The standard InChI is InChI=1S/C21H19ClFN3O3/c1-12(27)25-8-14(9-25)24-20(29)11-26-10-16(15-7-13(22)5-6-18(15)26)21-17(23)3-2-4-19(21)28/h2-7,10,14,28H,8-9,11H2,1H3,(H,24,29). The van der Waals surface area contributed by atoms with Crippen LogP contribution in [0.4, 0.5) is 4.39 Å². The first-order valence-corrected chi connectivity index (χ1v) is 9.52. The van der Waals surface area contributed by atoms with Crippen molar-refractivity contribution in [2.24, 2.45) is 0 Å². The van der Waals surface area contributed by atoms with Crippen LogP contribution in [0.25, 0.3) is 22.0 Å². The Morgan fingerprint density at radius 1 is 1.28 bits per heavy atom.